The molecule has 0 bridgehead atoms. The molecule has 0 unspecified atom stereocenters. The first kappa shape index (κ1) is 14.9. The number of aryl methyl sites for hydroxylation is 1. The SMILES string of the molecule is COc1ccc(C(=O)Cn2nnc(-c3ccccc3C)n2)cc1. The summed E-state index contributed by atoms with van der Waals surface area (Å²) < 4.78 is 5.08. The molecule has 23 heavy (non-hydrogen) atoms. The fourth-order valence-corrected chi connectivity index (χ4v) is 2.24. The molecule has 0 N–H and O–H groups in total. The average molecular weight is 308 g/mol. The van der Waals surface area contributed by atoms with E-state index in [1.165, 1.54) is 4.80 Å². The van der Waals surface area contributed by atoms with Crippen molar-refractivity contribution in [3.8, 4) is 17.1 Å². The average Bonchev–Trinajstić information content (AvgIpc) is 3.03. The Morgan fingerprint density at radius 3 is 2.57 bits per heavy atom. The van der Waals surface area contributed by atoms with E-state index in [0.29, 0.717) is 17.1 Å². The van der Waals surface area contributed by atoms with Crippen LogP contribution in [0.1, 0.15) is 15.9 Å². The highest BCUT2D eigenvalue weighted by Crippen LogP contribution is 2.18. The van der Waals surface area contributed by atoms with Crippen LogP contribution < -0.4 is 4.74 Å². The third-order valence-corrected chi connectivity index (χ3v) is 3.54. The second-order valence-electron chi connectivity index (χ2n) is 5.11. The lowest BCUT2D eigenvalue weighted by Crippen LogP contribution is -2.13. The van der Waals surface area contributed by atoms with E-state index < -0.39 is 0 Å². The maximum Gasteiger partial charge on any atom is 0.205 e. The van der Waals surface area contributed by atoms with Gasteiger partial charge in [-0.25, -0.2) is 0 Å². The summed E-state index contributed by atoms with van der Waals surface area (Å²) in [6.45, 7) is 2.03. The smallest absolute Gasteiger partial charge is 0.205 e. The highest BCUT2D eigenvalue weighted by atomic mass is 16.5. The van der Waals surface area contributed by atoms with Crippen LogP contribution in [0.4, 0.5) is 0 Å². The molecule has 0 aliphatic rings. The van der Waals surface area contributed by atoms with Gasteiger partial charge >= 0.3 is 0 Å². The maximum atomic E-state index is 12.3. The number of ether oxygens (including phenoxy) is 1. The van der Waals surface area contributed by atoms with Gasteiger partial charge in [0.25, 0.3) is 0 Å². The number of rotatable bonds is 5. The molecule has 1 heterocycles. The molecule has 2 aromatic carbocycles. The first-order valence-corrected chi connectivity index (χ1v) is 7.18. The van der Waals surface area contributed by atoms with Crippen LogP contribution in [0, 0.1) is 6.92 Å². The highest BCUT2D eigenvalue weighted by molar-refractivity contribution is 5.95. The second-order valence-corrected chi connectivity index (χ2v) is 5.11. The fourth-order valence-electron chi connectivity index (χ4n) is 2.24. The van der Waals surface area contributed by atoms with Crippen LogP contribution in [0.3, 0.4) is 0 Å². The number of aromatic nitrogens is 4. The van der Waals surface area contributed by atoms with Crippen molar-refractivity contribution in [1.82, 2.24) is 20.2 Å². The zero-order valence-corrected chi connectivity index (χ0v) is 12.9. The molecular weight excluding hydrogens is 292 g/mol. The largest absolute Gasteiger partial charge is 0.497 e. The van der Waals surface area contributed by atoms with Gasteiger partial charge in [-0.3, -0.25) is 4.79 Å². The van der Waals surface area contributed by atoms with Crippen molar-refractivity contribution in [2.75, 3.05) is 7.11 Å². The minimum absolute atomic E-state index is 0.0468. The first-order chi connectivity index (χ1) is 11.2. The molecular formula is C17H16N4O2. The number of ketones is 1. The minimum Gasteiger partial charge on any atom is -0.497 e. The van der Waals surface area contributed by atoms with E-state index >= 15 is 0 Å². The lowest BCUT2D eigenvalue weighted by molar-refractivity contribution is 0.0961. The van der Waals surface area contributed by atoms with Crippen LogP contribution in [0.5, 0.6) is 5.75 Å². The predicted molar refractivity (Wildman–Crippen MR) is 85.3 cm³/mol. The molecule has 6 heteroatoms. The Bertz CT molecular complexity index is 825. The Kier molecular flexibility index (Phi) is 4.14. The number of hydrogen-bond donors (Lipinski definition) is 0. The molecule has 0 radical (unpaired) electrons. The van der Waals surface area contributed by atoms with E-state index in [4.69, 9.17) is 4.74 Å². The number of carbonyl (C=O) groups is 1. The lowest BCUT2D eigenvalue weighted by atomic mass is 10.1. The Hall–Kier alpha value is -3.02. The Balaban J connectivity index is 1.76. The molecule has 0 aliphatic carbocycles. The predicted octanol–water partition coefficient (Wildman–Crippen LogP) is 2.54. The van der Waals surface area contributed by atoms with Gasteiger partial charge in [-0.2, -0.15) is 4.80 Å². The Morgan fingerprint density at radius 1 is 1.13 bits per heavy atom. The maximum absolute atomic E-state index is 12.3. The molecule has 3 rings (SSSR count). The van der Waals surface area contributed by atoms with Crippen molar-refractivity contribution in [3.05, 3.63) is 59.7 Å². The third-order valence-electron chi connectivity index (χ3n) is 3.54. The molecule has 0 fully saturated rings. The molecule has 0 saturated heterocycles. The van der Waals surface area contributed by atoms with Crippen LogP contribution in [0.15, 0.2) is 48.5 Å². The third kappa shape index (κ3) is 3.26. The second kappa shape index (κ2) is 6.39. The molecule has 1 aromatic heterocycles. The van der Waals surface area contributed by atoms with Gasteiger partial charge in [0.1, 0.15) is 12.3 Å². The monoisotopic (exact) mass is 308 g/mol. The van der Waals surface area contributed by atoms with E-state index in [9.17, 15) is 4.79 Å². The van der Waals surface area contributed by atoms with Crippen LogP contribution in [0.25, 0.3) is 11.4 Å². The highest BCUT2D eigenvalue weighted by Gasteiger charge is 2.12. The lowest BCUT2D eigenvalue weighted by Gasteiger charge is -2.02. The number of Topliss-reactive ketones (excluding diaryl/α,β-unsaturated/α-hetero) is 1. The van der Waals surface area contributed by atoms with E-state index in [0.717, 1.165) is 11.1 Å². The molecule has 0 saturated carbocycles. The van der Waals surface area contributed by atoms with Gasteiger partial charge < -0.3 is 4.74 Å². The van der Waals surface area contributed by atoms with Gasteiger partial charge in [-0.1, -0.05) is 24.3 Å². The Labute approximate surface area is 133 Å². The molecule has 6 nitrogen and oxygen atoms in total. The zero-order valence-electron chi connectivity index (χ0n) is 12.9. The molecule has 0 atom stereocenters. The van der Waals surface area contributed by atoms with Crippen LogP contribution in [-0.4, -0.2) is 33.1 Å². The van der Waals surface area contributed by atoms with Gasteiger partial charge in [0, 0.05) is 11.1 Å². The van der Waals surface area contributed by atoms with Gasteiger partial charge in [0.05, 0.1) is 7.11 Å². The van der Waals surface area contributed by atoms with Crippen molar-refractivity contribution >= 4 is 5.78 Å². The summed E-state index contributed by atoms with van der Waals surface area (Å²) in [5.74, 6) is 1.15. The number of hydrogen-bond acceptors (Lipinski definition) is 5. The van der Waals surface area contributed by atoms with Crippen molar-refractivity contribution in [3.63, 3.8) is 0 Å². The quantitative estimate of drug-likeness (QED) is 0.677. The summed E-state index contributed by atoms with van der Waals surface area (Å²) in [6.07, 6.45) is 0. The Morgan fingerprint density at radius 2 is 1.87 bits per heavy atom. The number of tetrazole rings is 1. The molecule has 116 valence electrons. The van der Waals surface area contributed by atoms with E-state index in [1.807, 2.05) is 31.2 Å². The van der Waals surface area contributed by atoms with Gasteiger partial charge in [-0.05, 0) is 42.0 Å². The van der Waals surface area contributed by atoms with Gasteiger partial charge in [0.2, 0.25) is 5.82 Å². The van der Waals surface area contributed by atoms with E-state index in [2.05, 4.69) is 15.4 Å². The van der Waals surface area contributed by atoms with Gasteiger partial charge in [-0.15, -0.1) is 10.2 Å². The standard InChI is InChI=1S/C17H16N4O2/c1-12-5-3-4-6-15(12)17-18-20-21(19-17)11-16(22)13-7-9-14(23-2)10-8-13/h3-10H,11H2,1-2H3. The van der Waals surface area contributed by atoms with Crippen molar-refractivity contribution in [1.29, 1.82) is 0 Å². The van der Waals surface area contributed by atoms with Crippen molar-refractivity contribution in [2.24, 2.45) is 0 Å². The van der Waals surface area contributed by atoms with Crippen LogP contribution in [0.2, 0.25) is 0 Å². The van der Waals surface area contributed by atoms with E-state index in [1.54, 1.807) is 31.4 Å². The normalized spacial score (nSPS) is 10.5. The summed E-state index contributed by atoms with van der Waals surface area (Å²) in [4.78, 5) is 13.6. The summed E-state index contributed by atoms with van der Waals surface area (Å²) in [7, 11) is 1.59. The fraction of sp³-hybridized carbons (Fsp3) is 0.176. The minimum atomic E-state index is -0.0820. The topological polar surface area (TPSA) is 69.9 Å². The van der Waals surface area contributed by atoms with E-state index in [-0.39, 0.29) is 12.3 Å². The summed E-state index contributed by atoms with van der Waals surface area (Å²) in [6, 6.07) is 14.7. The number of benzene rings is 2. The van der Waals surface area contributed by atoms with Crippen molar-refractivity contribution in [2.45, 2.75) is 13.5 Å². The zero-order chi connectivity index (χ0) is 16.2. The van der Waals surface area contributed by atoms with Gasteiger partial charge in [0.15, 0.2) is 5.78 Å². The number of carbonyl (C=O) groups excluding carboxylic acids is 1. The molecule has 3 aromatic rings. The molecule has 0 spiro atoms. The summed E-state index contributed by atoms with van der Waals surface area (Å²) >= 11 is 0. The first-order valence-electron chi connectivity index (χ1n) is 7.18. The van der Waals surface area contributed by atoms with Crippen LogP contribution >= 0.6 is 0 Å². The summed E-state index contributed by atoms with van der Waals surface area (Å²) in [5, 5.41) is 12.3. The number of nitrogens with zero attached hydrogens (tertiary/aromatic N) is 4. The number of methoxy groups -OCH3 is 1. The van der Waals surface area contributed by atoms with Crippen LogP contribution in [-0.2, 0) is 6.54 Å². The summed E-state index contributed by atoms with van der Waals surface area (Å²) in [5.41, 5.74) is 2.56. The van der Waals surface area contributed by atoms with Crippen molar-refractivity contribution < 1.29 is 9.53 Å². The molecule has 0 aliphatic heterocycles. The molecule has 0 amide bonds.